The predicted molar refractivity (Wildman–Crippen MR) is 70.7 cm³/mol. The topological polar surface area (TPSA) is 101 Å². The van der Waals surface area contributed by atoms with E-state index < -0.39 is 40.3 Å². The van der Waals surface area contributed by atoms with Crippen molar-refractivity contribution in [2.24, 2.45) is 0 Å². The first-order valence-corrected chi connectivity index (χ1v) is 7.34. The van der Waals surface area contributed by atoms with Gasteiger partial charge in [-0.15, -0.1) is 3.89 Å². The third-order valence-electron chi connectivity index (χ3n) is 3.22. The second-order valence-corrected chi connectivity index (χ2v) is 6.08. The molecule has 21 heavy (non-hydrogen) atoms. The van der Waals surface area contributed by atoms with Crippen LogP contribution in [0.5, 0.6) is 5.75 Å². The number of nitrogens with zero attached hydrogens (tertiary/aromatic N) is 1. The highest BCUT2D eigenvalue weighted by Gasteiger charge is 2.40. The van der Waals surface area contributed by atoms with E-state index in [9.17, 15) is 27.0 Å². The van der Waals surface area contributed by atoms with Gasteiger partial charge in [-0.25, -0.2) is 4.79 Å². The number of carboxylic acids is 1. The fraction of sp³-hybridized carbons (Fsp3) is 0.333. The molecule has 9 heteroatoms. The number of amides is 1. The van der Waals surface area contributed by atoms with Crippen molar-refractivity contribution in [2.75, 3.05) is 18.6 Å². The van der Waals surface area contributed by atoms with Gasteiger partial charge in [0.1, 0.15) is 16.6 Å². The highest BCUT2D eigenvalue weighted by atomic mass is 32.3. The van der Waals surface area contributed by atoms with Crippen molar-refractivity contribution in [3.05, 3.63) is 23.8 Å². The molecule has 7 nitrogen and oxygen atoms in total. The average Bonchev–Trinajstić information content (AvgIpc) is 2.79. The number of methoxy groups -OCH3 is 1. The number of rotatable bonds is 4. The quantitative estimate of drug-likeness (QED) is 0.824. The van der Waals surface area contributed by atoms with Crippen LogP contribution in [0, 0.1) is 0 Å². The molecule has 1 fully saturated rings. The zero-order chi connectivity index (χ0) is 15.8. The van der Waals surface area contributed by atoms with Gasteiger partial charge in [0.15, 0.2) is 0 Å². The first-order valence-electron chi connectivity index (χ1n) is 5.90. The fourth-order valence-electron chi connectivity index (χ4n) is 2.23. The van der Waals surface area contributed by atoms with Gasteiger partial charge in [0, 0.05) is 13.0 Å². The lowest BCUT2D eigenvalue weighted by atomic mass is 10.1. The van der Waals surface area contributed by atoms with E-state index in [-0.39, 0.29) is 17.0 Å². The molecule has 1 aliphatic heterocycles. The lowest BCUT2D eigenvalue weighted by molar-refractivity contribution is -0.117. The first-order chi connectivity index (χ1) is 9.75. The predicted octanol–water partition coefficient (Wildman–Crippen LogP) is 0.798. The Morgan fingerprint density at radius 3 is 2.62 bits per heavy atom. The molecule has 0 radical (unpaired) electrons. The van der Waals surface area contributed by atoms with E-state index in [0.29, 0.717) is 0 Å². The van der Waals surface area contributed by atoms with Crippen molar-refractivity contribution in [1.82, 2.24) is 0 Å². The van der Waals surface area contributed by atoms with E-state index in [2.05, 4.69) is 0 Å². The van der Waals surface area contributed by atoms with Crippen molar-refractivity contribution < 1.29 is 31.7 Å². The first kappa shape index (κ1) is 15.2. The minimum absolute atomic E-state index is 0.0157. The highest BCUT2D eigenvalue weighted by molar-refractivity contribution is 7.87. The van der Waals surface area contributed by atoms with Crippen molar-refractivity contribution in [3.8, 4) is 5.75 Å². The van der Waals surface area contributed by atoms with E-state index in [4.69, 9.17) is 4.74 Å². The lowest BCUT2D eigenvalue weighted by Crippen LogP contribution is -2.28. The third-order valence-corrected chi connectivity index (χ3v) is 4.33. The summed E-state index contributed by atoms with van der Waals surface area (Å²) in [4.78, 5) is 24.2. The summed E-state index contributed by atoms with van der Waals surface area (Å²) in [5.41, 5.74) is -0.289. The van der Waals surface area contributed by atoms with E-state index in [0.717, 1.165) is 4.90 Å². The third kappa shape index (κ3) is 2.82. The summed E-state index contributed by atoms with van der Waals surface area (Å²) in [6, 6.07) is 4.21. The number of aromatic carboxylic acids is 1. The molecule has 1 aromatic carbocycles. The zero-order valence-electron chi connectivity index (χ0n) is 10.9. The van der Waals surface area contributed by atoms with Gasteiger partial charge < -0.3 is 14.7 Å². The Hall–Kier alpha value is -2.16. The van der Waals surface area contributed by atoms with Crippen LogP contribution in [-0.4, -0.2) is 44.3 Å². The van der Waals surface area contributed by atoms with Gasteiger partial charge in [0.25, 0.3) is 0 Å². The second-order valence-electron chi connectivity index (χ2n) is 4.47. The largest absolute Gasteiger partial charge is 0.496 e. The van der Waals surface area contributed by atoms with Crippen LogP contribution in [0.2, 0.25) is 0 Å². The van der Waals surface area contributed by atoms with E-state index >= 15 is 0 Å². The maximum absolute atomic E-state index is 13.0. The molecule has 2 rings (SSSR count). The Kier molecular flexibility index (Phi) is 3.86. The molecule has 1 aliphatic rings. The molecule has 1 unspecified atom stereocenters. The molecular weight excluding hydrogens is 305 g/mol. The number of hydrogen-bond acceptors (Lipinski definition) is 5. The van der Waals surface area contributed by atoms with Gasteiger partial charge in [0.05, 0.1) is 12.8 Å². The van der Waals surface area contributed by atoms with Crippen molar-refractivity contribution in [1.29, 1.82) is 0 Å². The number of carbonyl (C=O) groups excluding carboxylic acids is 1. The van der Waals surface area contributed by atoms with Crippen LogP contribution >= 0.6 is 0 Å². The molecular formula is C12H12FNO6S. The van der Waals surface area contributed by atoms with Crippen molar-refractivity contribution in [2.45, 2.75) is 11.7 Å². The van der Waals surface area contributed by atoms with Crippen LogP contribution in [-0.2, 0) is 15.0 Å². The summed E-state index contributed by atoms with van der Waals surface area (Å²) in [6.07, 6.45) is -0.519. The van der Waals surface area contributed by atoms with Crippen LogP contribution in [0.3, 0.4) is 0 Å². The van der Waals surface area contributed by atoms with Gasteiger partial charge >= 0.3 is 16.2 Å². The smallest absolute Gasteiger partial charge is 0.341 e. The van der Waals surface area contributed by atoms with Crippen LogP contribution in [0.25, 0.3) is 0 Å². The molecule has 1 atom stereocenters. The van der Waals surface area contributed by atoms with E-state index in [1.54, 1.807) is 0 Å². The second kappa shape index (κ2) is 5.32. The normalized spacial score (nSPS) is 18.9. The van der Waals surface area contributed by atoms with Gasteiger partial charge in [0.2, 0.25) is 5.91 Å². The number of benzene rings is 1. The monoisotopic (exact) mass is 317 g/mol. The van der Waals surface area contributed by atoms with Gasteiger partial charge in [-0.2, -0.15) is 8.42 Å². The molecule has 1 aromatic rings. The fourth-order valence-corrected chi connectivity index (χ4v) is 2.89. The highest BCUT2D eigenvalue weighted by Crippen LogP contribution is 2.33. The SMILES string of the molecule is COc1cccc(N2CC(S(=O)(=O)F)CC2=O)c1C(=O)O. The maximum Gasteiger partial charge on any atom is 0.341 e. The molecule has 0 bridgehead atoms. The summed E-state index contributed by atoms with van der Waals surface area (Å²) in [7, 11) is -3.60. The number of halogens is 1. The Labute approximate surface area is 120 Å². The molecule has 0 saturated carbocycles. The van der Waals surface area contributed by atoms with Gasteiger partial charge in [-0.3, -0.25) is 4.79 Å². The number of ether oxygens (including phenoxy) is 1. The van der Waals surface area contributed by atoms with Gasteiger partial charge in [-0.05, 0) is 12.1 Å². The average molecular weight is 317 g/mol. The zero-order valence-corrected chi connectivity index (χ0v) is 11.8. The van der Waals surface area contributed by atoms with Crippen molar-refractivity contribution >= 4 is 27.8 Å². The number of hydrogen-bond donors (Lipinski definition) is 1. The summed E-state index contributed by atoms with van der Waals surface area (Å²) < 4.78 is 39.8. The molecule has 0 aromatic heterocycles. The van der Waals surface area contributed by atoms with Crippen LogP contribution in [0.15, 0.2) is 18.2 Å². The molecule has 1 heterocycles. The molecule has 1 amide bonds. The Morgan fingerprint density at radius 2 is 2.14 bits per heavy atom. The number of carbonyl (C=O) groups is 2. The molecule has 0 aliphatic carbocycles. The Morgan fingerprint density at radius 1 is 1.48 bits per heavy atom. The summed E-state index contributed by atoms with van der Waals surface area (Å²) in [5.74, 6) is -1.96. The minimum Gasteiger partial charge on any atom is -0.496 e. The Bertz CT molecular complexity index is 702. The number of anilines is 1. The molecule has 1 N–H and O–H groups in total. The lowest BCUT2D eigenvalue weighted by Gasteiger charge is -2.19. The van der Waals surface area contributed by atoms with Crippen LogP contribution in [0.4, 0.5) is 9.57 Å². The van der Waals surface area contributed by atoms with Crippen LogP contribution in [0.1, 0.15) is 16.8 Å². The van der Waals surface area contributed by atoms with Crippen LogP contribution < -0.4 is 9.64 Å². The minimum atomic E-state index is -4.87. The van der Waals surface area contributed by atoms with E-state index in [1.165, 1.54) is 25.3 Å². The standard InChI is InChI=1S/C12H12FNO6S/c1-20-9-4-2-3-8(11(9)12(16)17)14-6-7(5-10(14)15)21(13,18)19/h2-4,7H,5-6H2,1H3,(H,16,17). The summed E-state index contributed by atoms with van der Waals surface area (Å²) in [5, 5.41) is 7.75. The van der Waals surface area contributed by atoms with E-state index in [1.807, 2.05) is 0 Å². The molecule has 0 spiro atoms. The number of carboxylic acid groups (broad SMARTS) is 1. The van der Waals surface area contributed by atoms with Crippen molar-refractivity contribution in [3.63, 3.8) is 0 Å². The summed E-state index contributed by atoms with van der Waals surface area (Å²) in [6.45, 7) is -0.425. The van der Waals surface area contributed by atoms with Gasteiger partial charge in [-0.1, -0.05) is 6.07 Å². The molecule has 1 saturated heterocycles. The molecule has 114 valence electrons. The maximum atomic E-state index is 13.0. The summed E-state index contributed by atoms with van der Waals surface area (Å²) >= 11 is 0. The Balaban J connectivity index is 2.48.